The normalized spacial score (nSPS) is 13.6. The molecule has 7 nitrogen and oxygen atoms in total. The Morgan fingerprint density at radius 2 is 1.92 bits per heavy atom. The molecule has 178 valence electrons. The van der Waals surface area contributed by atoms with Gasteiger partial charge in [0.05, 0.1) is 16.9 Å². The minimum absolute atomic E-state index is 0.385. The number of hydrogen-bond donors (Lipinski definition) is 2. The highest BCUT2D eigenvalue weighted by Crippen LogP contribution is 2.35. The number of tetrazole rings is 1. The summed E-state index contributed by atoms with van der Waals surface area (Å²) in [7, 11) is 0. The minimum Gasteiger partial charge on any atom is -0.480 e. The lowest BCUT2D eigenvalue weighted by atomic mass is 10.0. The third-order valence-corrected chi connectivity index (χ3v) is 6.46. The second kappa shape index (κ2) is 9.79. The molecular formula is C28H23ClN6O. The monoisotopic (exact) mass is 494 g/mol. The van der Waals surface area contributed by atoms with Crippen LogP contribution in [0.5, 0.6) is 5.75 Å². The topological polar surface area (TPSA) is 88.6 Å². The highest BCUT2D eigenvalue weighted by molar-refractivity contribution is 6.31. The third-order valence-electron chi connectivity index (χ3n) is 6.22. The van der Waals surface area contributed by atoms with E-state index < -0.39 is 0 Å². The summed E-state index contributed by atoms with van der Waals surface area (Å²) < 4.78 is 6.44. The number of benzene rings is 3. The van der Waals surface area contributed by atoms with Crippen molar-refractivity contribution in [1.82, 2.24) is 25.6 Å². The van der Waals surface area contributed by atoms with E-state index in [1.165, 1.54) is 5.56 Å². The number of ether oxygens (including phenoxy) is 1. The molecule has 8 heteroatoms. The van der Waals surface area contributed by atoms with E-state index >= 15 is 0 Å². The molecule has 3 aromatic carbocycles. The molecule has 0 bridgehead atoms. The van der Waals surface area contributed by atoms with Crippen LogP contribution in [0.1, 0.15) is 34.3 Å². The fourth-order valence-corrected chi connectivity index (χ4v) is 4.64. The molecule has 5 aromatic rings. The maximum Gasteiger partial charge on any atom is 0.215 e. The van der Waals surface area contributed by atoms with Gasteiger partial charge in [-0.05, 0) is 53.5 Å². The van der Waals surface area contributed by atoms with Crippen molar-refractivity contribution in [2.45, 2.75) is 18.9 Å². The van der Waals surface area contributed by atoms with E-state index in [0.717, 1.165) is 52.1 Å². The molecule has 0 radical (unpaired) electrons. The van der Waals surface area contributed by atoms with Gasteiger partial charge in [0.25, 0.3) is 0 Å². The van der Waals surface area contributed by atoms with Gasteiger partial charge in [-0.15, -0.1) is 10.2 Å². The Hall–Kier alpha value is -4.23. The van der Waals surface area contributed by atoms with Gasteiger partial charge in [-0.25, -0.2) is 4.98 Å². The van der Waals surface area contributed by atoms with Crippen LogP contribution in [0, 0.1) is 0 Å². The van der Waals surface area contributed by atoms with E-state index in [9.17, 15) is 0 Å². The lowest BCUT2D eigenvalue weighted by Crippen LogP contribution is -2.14. The number of fused-ring (bicyclic) bond motifs is 2. The Morgan fingerprint density at radius 1 is 1.00 bits per heavy atom. The van der Waals surface area contributed by atoms with Crippen molar-refractivity contribution in [3.05, 3.63) is 106 Å². The standard InChI is InChI=1S/C28H23ClN6O/c29-22-10-8-20-9-12-23(31-24(20)17-22)11-7-18-3-1-4-19(15-18)16-26(28-32-34-35-33-28)36-25-6-2-5-21-13-14-30-27(21)25/h1-12,15,17,26,30H,13-14,16H2,(H,32,33,34,35)/b11-7+. The van der Waals surface area contributed by atoms with Gasteiger partial charge in [-0.3, -0.25) is 0 Å². The van der Waals surface area contributed by atoms with Gasteiger partial charge in [0, 0.05) is 23.4 Å². The van der Waals surface area contributed by atoms with E-state index in [0.29, 0.717) is 17.3 Å². The van der Waals surface area contributed by atoms with Crippen molar-refractivity contribution >= 4 is 40.3 Å². The molecular weight excluding hydrogens is 472 g/mol. The quantitative estimate of drug-likeness (QED) is 0.293. The lowest BCUT2D eigenvalue weighted by molar-refractivity contribution is 0.197. The van der Waals surface area contributed by atoms with Crippen LogP contribution in [-0.4, -0.2) is 32.2 Å². The Bertz CT molecular complexity index is 1550. The molecule has 1 unspecified atom stereocenters. The zero-order chi connectivity index (χ0) is 24.3. The minimum atomic E-state index is -0.385. The lowest BCUT2D eigenvalue weighted by Gasteiger charge is -2.18. The van der Waals surface area contributed by atoms with Crippen LogP contribution < -0.4 is 10.1 Å². The van der Waals surface area contributed by atoms with E-state index in [1.807, 2.05) is 48.5 Å². The Morgan fingerprint density at radius 3 is 2.83 bits per heavy atom. The molecule has 1 aliphatic heterocycles. The van der Waals surface area contributed by atoms with Crippen molar-refractivity contribution in [3.8, 4) is 5.75 Å². The first-order chi connectivity index (χ1) is 17.7. The van der Waals surface area contributed by atoms with Crippen LogP contribution in [-0.2, 0) is 12.8 Å². The number of hydrogen-bond acceptors (Lipinski definition) is 6. The first-order valence-electron chi connectivity index (χ1n) is 11.8. The van der Waals surface area contributed by atoms with E-state index in [2.05, 4.69) is 62.3 Å². The van der Waals surface area contributed by atoms with Gasteiger partial charge >= 0.3 is 0 Å². The molecule has 0 saturated heterocycles. The second-order valence-electron chi connectivity index (χ2n) is 8.70. The van der Waals surface area contributed by atoms with Gasteiger partial charge in [0.2, 0.25) is 5.82 Å². The smallest absolute Gasteiger partial charge is 0.215 e. The molecule has 0 fully saturated rings. The number of anilines is 1. The number of nitrogens with zero attached hydrogens (tertiary/aromatic N) is 4. The third kappa shape index (κ3) is 4.78. The number of aromatic nitrogens is 5. The Labute approximate surface area is 213 Å². The molecule has 1 atom stereocenters. The zero-order valence-electron chi connectivity index (χ0n) is 19.4. The summed E-state index contributed by atoms with van der Waals surface area (Å²) in [5, 5.41) is 19.9. The van der Waals surface area contributed by atoms with Crippen molar-refractivity contribution in [2.24, 2.45) is 0 Å². The summed E-state index contributed by atoms with van der Waals surface area (Å²) in [4.78, 5) is 4.71. The molecule has 0 aliphatic carbocycles. The van der Waals surface area contributed by atoms with Crippen LogP contribution in [0.2, 0.25) is 5.02 Å². The molecule has 0 spiro atoms. The fourth-order valence-electron chi connectivity index (χ4n) is 4.47. The number of aromatic amines is 1. The Kier molecular flexibility index (Phi) is 6.05. The van der Waals surface area contributed by atoms with Crippen molar-refractivity contribution in [2.75, 3.05) is 11.9 Å². The van der Waals surface area contributed by atoms with Gasteiger partial charge in [-0.2, -0.15) is 5.21 Å². The molecule has 6 rings (SSSR count). The van der Waals surface area contributed by atoms with E-state index in [-0.39, 0.29) is 6.10 Å². The fraction of sp³-hybridized carbons (Fsp3) is 0.143. The summed E-state index contributed by atoms with van der Waals surface area (Å²) >= 11 is 6.13. The molecule has 36 heavy (non-hydrogen) atoms. The summed E-state index contributed by atoms with van der Waals surface area (Å²) in [6.45, 7) is 0.913. The number of para-hydroxylation sites is 1. The van der Waals surface area contributed by atoms with Gasteiger partial charge in [0.15, 0.2) is 6.10 Å². The van der Waals surface area contributed by atoms with E-state index in [1.54, 1.807) is 0 Å². The summed E-state index contributed by atoms with van der Waals surface area (Å²) in [5.74, 6) is 1.32. The number of nitrogens with one attached hydrogen (secondary N) is 2. The first kappa shape index (κ1) is 22.2. The highest BCUT2D eigenvalue weighted by Gasteiger charge is 2.23. The Balaban J connectivity index is 1.23. The zero-order valence-corrected chi connectivity index (χ0v) is 20.1. The van der Waals surface area contributed by atoms with Gasteiger partial charge < -0.3 is 10.1 Å². The largest absolute Gasteiger partial charge is 0.480 e. The molecule has 2 N–H and O–H groups in total. The average Bonchev–Trinajstić information content (AvgIpc) is 3.60. The van der Waals surface area contributed by atoms with Crippen molar-refractivity contribution in [3.63, 3.8) is 0 Å². The number of H-pyrrole nitrogens is 1. The van der Waals surface area contributed by atoms with Gasteiger partial charge in [-0.1, -0.05) is 71.4 Å². The first-order valence-corrected chi connectivity index (χ1v) is 12.2. The summed E-state index contributed by atoms with van der Waals surface area (Å²) in [6.07, 6.45) is 5.26. The van der Waals surface area contributed by atoms with Crippen LogP contribution >= 0.6 is 11.6 Å². The van der Waals surface area contributed by atoms with Crippen molar-refractivity contribution < 1.29 is 4.74 Å². The maximum absolute atomic E-state index is 6.44. The predicted molar refractivity (Wildman–Crippen MR) is 142 cm³/mol. The van der Waals surface area contributed by atoms with Crippen LogP contribution in [0.15, 0.2) is 72.8 Å². The van der Waals surface area contributed by atoms with Gasteiger partial charge in [0.1, 0.15) is 5.75 Å². The average molecular weight is 495 g/mol. The van der Waals surface area contributed by atoms with E-state index in [4.69, 9.17) is 21.3 Å². The molecule has 3 heterocycles. The number of halogens is 1. The molecule has 0 saturated carbocycles. The molecule has 0 amide bonds. The van der Waals surface area contributed by atoms with Crippen LogP contribution in [0.3, 0.4) is 0 Å². The summed E-state index contributed by atoms with van der Waals surface area (Å²) in [6, 6.07) is 24.2. The highest BCUT2D eigenvalue weighted by atomic mass is 35.5. The molecule has 1 aliphatic rings. The van der Waals surface area contributed by atoms with Crippen molar-refractivity contribution in [1.29, 1.82) is 0 Å². The molecule has 2 aromatic heterocycles. The second-order valence-corrected chi connectivity index (χ2v) is 9.14. The predicted octanol–water partition coefficient (Wildman–Crippen LogP) is 5.90. The van der Waals surface area contributed by atoms with Crippen LogP contribution in [0.4, 0.5) is 5.69 Å². The summed E-state index contributed by atoms with van der Waals surface area (Å²) in [5.41, 5.74) is 6.22. The number of pyridine rings is 1. The SMILES string of the molecule is Clc1ccc2ccc(/C=C/c3cccc(CC(Oc4cccc5c4NCC5)c4nn[nH]n4)c3)nc2c1. The van der Waals surface area contributed by atoms with Crippen LogP contribution in [0.25, 0.3) is 23.1 Å². The maximum atomic E-state index is 6.44. The number of rotatable bonds is 7.